The van der Waals surface area contributed by atoms with E-state index in [-0.39, 0.29) is 66.4 Å². The van der Waals surface area contributed by atoms with Crippen molar-refractivity contribution in [1.82, 2.24) is 29.6 Å². The molecule has 3 aromatic heterocycles. The number of anilines is 6. The number of hydrogen-bond acceptors (Lipinski definition) is 16. The van der Waals surface area contributed by atoms with E-state index in [1.54, 1.807) is 49.0 Å². The molecule has 4 aromatic rings. The van der Waals surface area contributed by atoms with Crippen molar-refractivity contribution in [2.45, 2.75) is 108 Å². The van der Waals surface area contributed by atoms with Crippen molar-refractivity contribution in [3.63, 3.8) is 0 Å². The minimum absolute atomic E-state index is 0.0701. The van der Waals surface area contributed by atoms with Gasteiger partial charge in [-0.3, -0.25) is 43.5 Å². The van der Waals surface area contributed by atoms with Crippen LogP contribution in [0.4, 0.5) is 34.3 Å². The molecular formula is C55H65N11O8S. The molecule has 75 heavy (non-hydrogen) atoms. The Morgan fingerprint density at radius 1 is 0.813 bits per heavy atom. The second-order valence-corrected chi connectivity index (χ2v) is 22.0. The Morgan fingerprint density at radius 3 is 2.39 bits per heavy atom. The van der Waals surface area contributed by atoms with Gasteiger partial charge in [-0.2, -0.15) is 0 Å². The Morgan fingerprint density at radius 2 is 1.61 bits per heavy atom. The molecule has 11 rings (SSSR count). The third kappa shape index (κ3) is 9.17. The van der Waals surface area contributed by atoms with Gasteiger partial charge in [0, 0.05) is 88.0 Å². The first kappa shape index (κ1) is 50.3. The Hall–Kier alpha value is -6.90. The number of ether oxygens (including phenoxy) is 1. The van der Waals surface area contributed by atoms with E-state index in [0.717, 1.165) is 103 Å². The molecule has 19 nitrogen and oxygen atoms in total. The van der Waals surface area contributed by atoms with Crippen LogP contribution >= 0.6 is 11.3 Å². The quantitative estimate of drug-likeness (QED) is 0.123. The van der Waals surface area contributed by atoms with Crippen LogP contribution in [-0.4, -0.2) is 167 Å². The summed E-state index contributed by atoms with van der Waals surface area (Å²) in [5.74, 6) is -1.33. The largest absolute Gasteiger partial charge is 0.480 e. The maximum atomic E-state index is 14.2. The number of aliphatic hydroxyl groups excluding tert-OH is 1. The van der Waals surface area contributed by atoms with Crippen molar-refractivity contribution < 1.29 is 38.6 Å². The molecule has 394 valence electrons. The second-order valence-electron chi connectivity index (χ2n) is 20.9. The maximum Gasteiger partial charge on any atom is 0.264 e. The minimum Gasteiger partial charge on any atom is -0.480 e. The molecule has 0 bridgehead atoms. The summed E-state index contributed by atoms with van der Waals surface area (Å²) < 4.78 is 5.74. The number of pyridine rings is 2. The molecule has 3 N–H and O–H groups in total. The molecule has 6 amide bonds. The van der Waals surface area contributed by atoms with Gasteiger partial charge in [-0.25, -0.2) is 9.97 Å². The Labute approximate surface area is 440 Å². The number of imide groups is 2. The fraction of sp³-hybridized carbons (Fsp3) is 0.491. The van der Waals surface area contributed by atoms with Crippen LogP contribution in [0.5, 0.6) is 5.88 Å². The molecule has 0 saturated carbocycles. The van der Waals surface area contributed by atoms with Crippen LogP contribution in [0.25, 0.3) is 0 Å². The van der Waals surface area contributed by atoms with E-state index in [4.69, 9.17) is 14.7 Å². The number of rotatable bonds is 12. The van der Waals surface area contributed by atoms with Crippen molar-refractivity contribution in [3.05, 3.63) is 87.4 Å². The van der Waals surface area contributed by atoms with Crippen LogP contribution < -0.4 is 30.1 Å². The van der Waals surface area contributed by atoms with E-state index >= 15 is 0 Å². The van der Waals surface area contributed by atoms with Crippen LogP contribution in [0.15, 0.2) is 55.4 Å². The number of likely N-dealkylation sites (tertiary alicyclic amines) is 1. The van der Waals surface area contributed by atoms with Gasteiger partial charge in [-0.1, -0.05) is 6.58 Å². The molecular weight excluding hydrogens is 975 g/mol. The molecule has 4 atom stereocenters. The average Bonchev–Trinajstić information content (AvgIpc) is 3.94. The summed E-state index contributed by atoms with van der Waals surface area (Å²) in [6, 6.07) is 7.98. The number of piperazine rings is 1. The van der Waals surface area contributed by atoms with Gasteiger partial charge >= 0.3 is 0 Å². The fourth-order valence-electron chi connectivity index (χ4n) is 12.8. The third-order valence-electron chi connectivity index (χ3n) is 16.8. The molecule has 1 aromatic carbocycles. The topological polar surface area (TPSA) is 204 Å². The predicted octanol–water partition coefficient (Wildman–Crippen LogP) is 5.24. The zero-order valence-corrected chi connectivity index (χ0v) is 43.7. The number of hydrogen-bond donors (Lipinski definition) is 3. The lowest BCUT2D eigenvalue weighted by molar-refractivity contribution is -0.149. The van der Waals surface area contributed by atoms with Gasteiger partial charge in [-0.05, 0) is 113 Å². The number of benzene rings is 1. The van der Waals surface area contributed by atoms with E-state index in [9.17, 15) is 33.9 Å². The standard InChI is InChI=1S/C55H65N11O8S/c1-5-48(68)59-40-27-47(58-41-26-35(28-57-51(41)74-4)64-19-8-10-42(45(64)31-67)65-22-18-37-36-9-6-7-11-46(36)75-50(37)55(65)73)56-29-44(40)63-24-23-62(30-32(63)2)33-16-20-61(21-17-33)34-12-13-38-39(25-34)53(71)66(52(38)70)43-14-15-49(69)60(3)54(43)72/h5,12-13,25-29,32-33,42-43,45,67H,1,6-11,14-24,30-31H2,2-4H3,(H2,56,58,59,68)/t32-,42?,43?,45?/m0/s1. The minimum atomic E-state index is -0.993. The molecule has 0 radical (unpaired) electrons. The molecule has 20 heteroatoms. The van der Waals surface area contributed by atoms with Gasteiger partial charge < -0.3 is 40.1 Å². The van der Waals surface area contributed by atoms with Crippen LogP contribution in [0.3, 0.4) is 0 Å². The number of likely N-dealkylation sites (N-methyl/N-ethyl adjacent to an activating group) is 1. The number of thiophene rings is 1. The number of nitrogens with zero attached hydrogens (tertiary/aromatic N) is 9. The van der Waals surface area contributed by atoms with Crippen molar-refractivity contribution in [1.29, 1.82) is 0 Å². The summed E-state index contributed by atoms with van der Waals surface area (Å²) in [6.45, 7) is 10.9. The second kappa shape index (κ2) is 20.7. The van der Waals surface area contributed by atoms with E-state index < -0.39 is 23.8 Å². The van der Waals surface area contributed by atoms with Crippen molar-refractivity contribution in [2.24, 2.45) is 0 Å². The highest BCUT2D eigenvalue weighted by Gasteiger charge is 2.47. The highest BCUT2D eigenvalue weighted by molar-refractivity contribution is 7.14. The highest BCUT2D eigenvalue weighted by Crippen LogP contribution is 2.41. The van der Waals surface area contributed by atoms with Gasteiger partial charge in [0.25, 0.3) is 23.6 Å². The van der Waals surface area contributed by atoms with Crippen LogP contribution in [-0.2, 0) is 33.6 Å². The molecule has 4 saturated heterocycles. The average molecular weight is 1040 g/mol. The Balaban J connectivity index is 0.745. The van der Waals surface area contributed by atoms with E-state index in [2.05, 4.69) is 43.7 Å². The number of nitrogens with one attached hydrogen (secondary N) is 2. The molecule has 0 spiro atoms. The van der Waals surface area contributed by atoms with E-state index in [1.165, 1.54) is 42.0 Å². The first-order valence-corrected chi connectivity index (χ1v) is 27.3. The normalized spacial score (nSPS) is 23.6. The molecule has 9 heterocycles. The van der Waals surface area contributed by atoms with E-state index in [1.807, 2.05) is 17.0 Å². The van der Waals surface area contributed by atoms with Gasteiger partial charge in [0.05, 0.1) is 71.3 Å². The van der Waals surface area contributed by atoms with Crippen molar-refractivity contribution in [3.8, 4) is 5.88 Å². The highest BCUT2D eigenvalue weighted by atomic mass is 32.1. The van der Waals surface area contributed by atoms with Crippen LogP contribution in [0.2, 0.25) is 0 Å². The number of methoxy groups -OCH3 is 1. The number of aliphatic hydroxyl groups is 1. The van der Waals surface area contributed by atoms with Gasteiger partial charge in [-0.15, -0.1) is 11.3 Å². The zero-order valence-electron chi connectivity index (χ0n) is 42.9. The molecule has 4 fully saturated rings. The van der Waals surface area contributed by atoms with Crippen molar-refractivity contribution >= 4 is 81.0 Å². The maximum absolute atomic E-state index is 14.2. The van der Waals surface area contributed by atoms with Crippen LogP contribution in [0, 0.1) is 0 Å². The van der Waals surface area contributed by atoms with Gasteiger partial charge in [0.2, 0.25) is 17.7 Å². The summed E-state index contributed by atoms with van der Waals surface area (Å²) in [7, 11) is 2.94. The molecule has 1 aliphatic carbocycles. The van der Waals surface area contributed by atoms with E-state index in [0.29, 0.717) is 48.7 Å². The lowest BCUT2D eigenvalue weighted by atomic mass is 9.89. The number of fused-ring (bicyclic) bond motifs is 4. The summed E-state index contributed by atoms with van der Waals surface area (Å²) in [6.07, 6.45) is 13.8. The molecule has 3 unspecified atom stereocenters. The lowest BCUT2D eigenvalue weighted by Crippen LogP contribution is -2.59. The zero-order chi connectivity index (χ0) is 52.2. The Kier molecular flexibility index (Phi) is 13.9. The number of piperidine rings is 3. The van der Waals surface area contributed by atoms with Crippen molar-refractivity contribution in [2.75, 3.05) is 91.9 Å². The Bertz CT molecular complexity index is 2970. The number of aromatic nitrogens is 2. The SMILES string of the molecule is C=CC(=O)Nc1cc(Nc2cc(N3CCCC(N4CCc5c(sc6c5CCCC6)C4=O)C3CO)cnc2OC)ncc1N1CCN(C2CCN(c3ccc4c(c3)C(=O)N(C3CCC(=O)N(C)C3=O)C4=O)CC2)C[C@@H]1C. The third-order valence-corrected chi connectivity index (χ3v) is 18.1. The lowest BCUT2D eigenvalue weighted by Gasteiger charge is -2.47. The number of amides is 6. The first-order chi connectivity index (χ1) is 36.3. The summed E-state index contributed by atoms with van der Waals surface area (Å²) in [4.78, 5) is 104. The van der Waals surface area contributed by atoms with Gasteiger partial charge in [0.15, 0.2) is 0 Å². The number of aryl methyl sites for hydroxylation is 1. The number of carbonyl (C=O) groups is 6. The molecule has 7 aliphatic rings. The smallest absolute Gasteiger partial charge is 0.264 e. The predicted molar refractivity (Wildman–Crippen MR) is 285 cm³/mol. The number of carbonyl (C=O) groups excluding carboxylic acids is 6. The molecule has 6 aliphatic heterocycles. The van der Waals surface area contributed by atoms with Crippen LogP contribution in [0.1, 0.15) is 105 Å². The first-order valence-electron chi connectivity index (χ1n) is 26.5. The fourth-order valence-corrected chi connectivity index (χ4v) is 14.2. The summed E-state index contributed by atoms with van der Waals surface area (Å²) in [5.41, 5.74) is 6.76. The summed E-state index contributed by atoms with van der Waals surface area (Å²) in [5, 5.41) is 17.4. The van der Waals surface area contributed by atoms with Gasteiger partial charge in [0.1, 0.15) is 17.5 Å². The summed E-state index contributed by atoms with van der Waals surface area (Å²) >= 11 is 1.69. The monoisotopic (exact) mass is 1040 g/mol.